The number of esters is 1. The van der Waals surface area contributed by atoms with Crippen molar-refractivity contribution in [3.63, 3.8) is 0 Å². The minimum Gasteiger partial charge on any atom is -0.497 e. The van der Waals surface area contributed by atoms with Gasteiger partial charge < -0.3 is 20.1 Å². The second kappa shape index (κ2) is 9.62. The highest BCUT2D eigenvalue weighted by atomic mass is 32.1. The van der Waals surface area contributed by atoms with E-state index in [0.29, 0.717) is 34.2 Å². The van der Waals surface area contributed by atoms with Crippen LogP contribution in [0.25, 0.3) is 0 Å². The lowest BCUT2D eigenvalue weighted by molar-refractivity contribution is -0.133. The van der Waals surface area contributed by atoms with Gasteiger partial charge >= 0.3 is 12.0 Å². The first kappa shape index (κ1) is 24.2. The van der Waals surface area contributed by atoms with E-state index in [9.17, 15) is 19.2 Å². The molecule has 2 N–H and O–H groups in total. The minimum atomic E-state index is -1.31. The molecule has 1 fully saturated rings. The number of benzene rings is 1. The number of imide groups is 1. The average molecular weight is 474 g/mol. The lowest BCUT2D eigenvalue weighted by Gasteiger charge is -2.22. The zero-order chi connectivity index (χ0) is 24.3. The molecule has 176 valence electrons. The van der Waals surface area contributed by atoms with Gasteiger partial charge in [0.25, 0.3) is 5.91 Å². The van der Waals surface area contributed by atoms with Crippen LogP contribution < -0.4 is 15.4 Å². The first-order valence-corrected chi connectivity index (χ1v) is 11.3. The predicted molar refractivity (Wildman–Crippen MR) is 123 cm³/mol. The number of anilines is 1. The maximum absolute atomic E-state index is 13.1. The molecular formula is C23H27N3O6S. The molecule has 2 heterocycles. The first-order valence-electron chi connectivity index (χ1n) is 10.4. The van der Waals surface area contributed by atoms with Crippen molar-refractivity contribution in [2.75, 3.05) is 26.1 Å². The Morgan fingerprint density at radius 1 is 1.18 bits per heavy atom. The van der Waals surface area contributed by atoms with Gasteiger partial charge in [0.15, 0.2) is 0 Å². The molecule has 0 spiro atoms. The number of carbonyl (C=O) groups is 4. The van der Waals surface area contributed by atoms with Crippen molar-refractivity contribution in [1.29, 1.82) is 0 Å². The van der Waals surface area contributed by atoms with Crippen molar-refractivity contribution in [3.05, 3.63) is 46.3 Å². The highest BCUT2D eigenvalue weighted by Gasteiger charge is 2.49. The van der Waals surface area contributed by atoms with Crippen LogP contribution in [-0.2, 0) is 26.3 Å². The molecule has 1 saturated heterocycles. The van der Waals surface area contributed by atoms with Gasteiger partial charge in [-0.15, -0.1) is 11.3 Å². The quantitative estimate of drug-likeness (QED) is 0.450. The van der Waals surface area contributed by atoms with Crippen LogP contribution in [0.2, 0.25) is 0 Å². The fourth-order valence-corrected chi connectivity index (χ4v) is 4.65. The SMILES string of the molecule is COC(=O)c1c(CC(C)C)csc1NC(=O)CN1C(=O)NC(C)(c2ccc(OC)cc2)C1=O. The highest BCUT2D eigenvalue weighted by Crippen LogP contribution is 2.32. The number of nitrogens with one attached hydrogen (secondary N) is 2. The molecule has 33 heavy (non-hydrogen) atoms. The van der Waals surface area contributed by atoms with Gasteiger partial charge in [0, 0.05) is 0 Å². The number of methoxy groups -OCH3 is 2. The van der Waals surface area contributed by atoms with E-state index >= 15 is 0 Å². The topological polar surface area (TPSA) is 114 Å². The molecule has 1 atom stereocenters. The van der Waals surface area contributed by atoms with E-state index in [4.69, 9.17) is 9.47 Å². The summed E-state index contributed by atoms with van der Waals surface area (Å²) < 4.78 is 10.0. The summed E-state index contributed by atoms with van der Waals surface area (Å²) in [6, 6.07) is 6.08. The summed E-state index contributed by atoms with van der Waals surface area (Å²) in [4.78, 5) is 51.5. The van der Waals surface area contributed by atoms with Crippen molar-refractivity contribution >= 4 is 40.2 Å². The van der Waals surface area contributed by atoms with Crippen molar-refractivity contribution in [1.82, 2.24) is 10.2 Å². The Balaban J connectivity index is 1.77. The second-order valence-corrected chi connectivity index (χ2v) is 9.16. The second-order valence-electron chi connectivity index (χ2n) is 8.28. The monoisotopic (exact) mass is 473 g/mol. The van der Waals surface area contributed by atoms with Gasteiger partial charge in [-0.3, -0.25) is 14.5 Å². The zero-order valence-corrected chi connectivity index (χ0v) is 20.0. The van der Waals surface area contributed by atoms with Gasteiger partial charge in [-0.1, -0.05) is 26.0 Å². The Morgan fingerprint density at radius 3 is 2.42 bits per heavy atom. The fraction of sp³-hybridized carbons (Fsp3) is 0.391. The van der Waals surface area contributed by atoms with Gasteiger partial charge in [0.05, 0.1) is 19.8 Å². The molecule has 0 radical (unpaired) electrons. The Bertz CT molecular complexity index is 1080. The Labute approximate surface area is 196 Å². The predicted octanol–water partition coefficient (Wildman–Crippen LogP) is 3.15. The molecule has 3 rings (SSSR count). The molecule has 10 heteroatoms. The number of hydrogen-bond acceptors (Lipinski definition) is 7. The van der Waals surface area contributed by atoms with Crippen molar-refractivity contribution < 1.29 is 28.7 Å². The smallest absolute Gasteiger partial charge is 0.341 e. The fourth-order valence-electron chi connectivity index (χ4n) is 3.67. The molecule has 1 aromatic heterocycles. The highest BCUT2D eigenvalue weighted by molar-refractivity contribution is 7.15. The number of nitrogens with zero attached hydrogens (tertiary/aromatic N) is 1. The summed E-state index contributed by atoms with van der Waals surface area (Å²) in [5.41, 5.74) is 0.326. The number of ether oxygens (including phenoxy) is 2. The van der Waals surface area contributed by atoms with Crippen LogP contribution in [0.1, 0.15) is 42.3 Å². The molecule has 0 bridgehead atoms. The van der Waals surface area contributed by atoms with Gasteiger partial charge in [0.2, 0.25) is 5.91 Å². The van der Waals surface area contributed by atoms with Crippen LogP contribution in [0.15, 0.2) is 29.6 Å². The Hall–Kier alpha value is -3.40. The maximum atomic E-state index is 13.1. The molecule has 0 aliphatic carbocycles. The van der Waals surface area contributed by atoms with Gasteiger partial charge in [0.1, 0.15) is 22.8 Å². The Kier molecular flexibility index (Phi) is 7.06. The van der Waals surface area contributed by atoms with Crippen LogP contribution in [-0.4, -0.2) is 49.5 Å². The molecule has 1 unspecified atom stereocenters. The average Bonchev–Trinajstić information content (AvgIpc) is 3.26. The van der Waals surface area contributed by atoms with E-state index in [1.165, 1.54) is 25.6 Å². The van der Waals surface area contributed by atoms with Crippen LogP contribution in [0.4, 0.5) is 9.80 Å². The number of hydrogen-bond donors (Lipinski definition) is 2. The molecule has 9 nitrogen and oxygen atoms in total. The summed E-state index contributed by atoms with van der Waals surface area (Å²) >= 11 is 1.20. The number of rotatable bonds is 8. The minimum absolute atomic E-state index is 0.296. The molecule has 1 aromatic carbocycles. The standard InChI is InChI=1S/C23H27N3O6S/c1-13(2)10-14-12-33-19(18(14)20(28)32-5)24-17(27)11-26-21(29)23(3,25-22(26)30)15-6-8-16(31-4)9-7-15/h6-9,12-13H,10-11H2,1-5H3,(H,24,27)(H,25,30). The zero-order valence-electron chi connectivity index (χ0n) is 19.2. The van der Waals surface area contributed by atoms with Crippen molar-refractivity contribution in [3.8, 4) is 5.75 Å². The van der Waals surface area contributed by atoms with Gasteiger partial charge in [-0.05, 0) is 47.9 Å². The van der Waals surface area contributed by atoms with E-state index in [-0.39, 0.29) is 0 Å². The summed E-state index contributed by atoms with van der Waals surface area (Å²) in [7, 11) is 2.81. The van der Waals surface area contributed by atoms with E-state index in [1.807, 2.05) is 13.8 Å². The van der Waals surface area contributed by atoms with E-state index < -0.39 is 35.9 Å². The summed E-state index contributed by atoms with van der Waals surface area (Å²) in [6.07, 6.45) is 0.643. The van der Waals surface area contributed by atoms with Crippen molar-refractivity contribution in [2.45, 2.75) is 32.7 Å². The summed E-state index contributed by atoms with van der Waals surface area (Å²) in [5.74, 6) is -0.782. The van der Waals surface area contributed by atoms with Gasteiger partial charge in [-0.25, -0.2) is 9.59 Å². The van der Waals surface area contributed by atoms with Gasteiger partial charge in [-0.2, -0.15) is 0 Å². The largest absolute Gasteiger partial charge is 0.497 e. The molecule has 2 aromatic rings. The van der Waals surface area contributed by atoms with Crippen LogP contribution >= 0.6 is 11.3 Å². The van der Waals surface area contributed by atoms with E-state index in [1.54, 1.807) is 36.6 Å². The van der Waals surface area contributed by atoms with Crippen molar-refractivity contribution in [2.24, 2.45) is 5.92 Å². The molecule has 1 aliphatic rings. The number of urea groups is 1. The maximum Gasteiger partial charge on any atom is 0.341 e. The third-order valence-corrected chi connectivity index (χ3v) is 6.33. The summed E-state index contributed by atoms with van der Waals surface area (Å²) in [6.45, 7) is 5.14. The Morgan fingerprint density at radius 2 is 1.85 bits per heavy atom. The van der Waals surface area contributed by atoms with Crippen LogP contribution in [0, 0.1) is 5.92 Å². The van der Waals surface area contributed by atoms with Crippen LogP contribution in [0.3, 0.4) is 0 Å². The van der Waals surface area contributed by atoms with E-state index in [2.05, 4.69) is 10.6 Å². The normalized spacial score (nSPS) is 17.8. The van der Waals surface area contributed by atoms with E-state index in [0.717, 1.165) is 10.5 Å². The third kappa shape index (κ3) is 4.85. The first-order chi connectivity index (χ1) is 15.6. The third-order valence-electron chi connectivity index (χ3n) is 5.38. The number of carbonyl (C=O) groups excluding carboxylic acids is 4. The molecular weight excluding hydrogens is 446 g/mol. The molecule has 1 aliphatic heterocycles. The number of thiophene rings is 1. The molecule has 4 amide bonds. The number of amides is 4. The lowest BCUT2D eigenvalue weighted by atomic mass is 9.92. The lowest BCUT2D eigenvalue weighted by Crippen LogP contribution is -2.42. The van der Waals surface area contributed by atoms with Crippen LogP contribution in [0.5, 0.6) is 5.75 Å². The molecule has 0 saturated carbocycles. The summed E-state index contributed by atoms with van der Waals surface area (Å²) in [5, 5.41) is 7.45.